The molecule has 0 atom stereocenters. The van der Waals surface area contributed by atoms with Gasteiger partial charge in [-0.3, -0.25) is 14.5 Å². The molecule has 2 heterocycles. The lowest BCUT2D eigenvalue weighted by molar-refractivity contribution is -0.121. The molecular formula is C20H24N6O2S. The van der Waals surface area contributed by atoms with E-state index in [1.807, 2.05) is 16.7 Å². The molecule has 1 amide bonds. The number of hydrogen-bond acceptors (Lipinski definition) is 6. The number of rotatable bonds is 8. The van der Waals surface area contributed by atoms with Crippen molar-refractivity contribution in [1.82, 2.24) is 30.2 Å². The van der Waals surface area contributed by atoms with E-state index in [4.69, 9.17) is 16.7 Å². The molecule has 29 heavy (non-hydrogen) atoms. The highest BCUT2D eigenvalue weighted by Crippen LogP contribution is 2.35. The van der Waals surface area contributed by atoms with E-state index < -0.39 is 0 Å². The zero-order chi connectivity index (χ0) is 20.4. The monoisotopic (exact) mass is 412 g/mol. The van der Waals surface area contributed by atoms with Crippen LogP contribution in [0.15, 0.2) is 28.8 Å². The van der Waals surface area contributed by atoms with Crippen molar-refractivity contribution in [2.45, 2.75) is 58.0 Å². The van der Waals surface area contributed by atoms with Crippen molar-refractivity contribution in [3.05, 3.63) is 46.3 Å². The molecule has 0 unspecified atom stereocenters. The number of benzene rings is 1. The summed E-state index contributed by atoms with van der Waals surface area (Å²) in [7, 11) is 0. The Morgan fingerprint density at radius 3 is 2.79 bits per heavy atom. The van der Waals surface area contributed by atoms with Gasteiger partial charge in [0.2, 0.25) is 17.6 Å². The molecule has 0 radical (unpaired) electrons. The van der Waals surface area contributed by atoms with Crippen molar-refractivity contribution in [3.63, 3.8) is 0 Å². The van der Waals surface area contributed by atoms with Gasteiger partial charge in [0.05, 0.1) is 6.54 Å². The molecule has 9 heteroatoms. The van der Waals surface area contributed by atoms with E-state index in [1.165, 1.54) is 5.56 Å². The van der Waals surface area contributed by atoms with Crippen molar-refractivity contribution >= 4 is 18.1 Å². The highest BCUT2D eigenvalue weighted by molar-refractivity contribution is 7.71. The zero-order valence-corrected chi connectivity index (χ0v) is 17.3. The fraction of sp³-hybridized carbons (Fsp3) is 0.450. The number of aryl methyl sites for hydroxylation is 1. The van der Waals surface area contributed by atoms with E-state index in [1.54, 1.807) is 0 Å². The second kappa shape index (κ2) is 8.28. The smallest absolute Gasteiger partial charge is 0.227 e. The number of hydrogen-bond donors (Lipinski definition) is 2. The van der Waals surface area contributed by atoms with Crippen LogP contribution in [0.1, 0.15) is 62.3 Å². The van der Waals surface area contributed by atoms with Crippen molar-refractivity contribution in [1.29, 1.82) is 0 Å². The van der Waals surface area contributed by atoms with Gasteiger partial charge in [0, 0.05) is 24.4 Å². The van der Waals surface area contributed by atoms with Gasteiger partial charge < -0.3 is 9.84 Å². The van der Waals surface area contributed by atoms with Gasteiger partial charge in [0.25, 0.3) is 0 Å². The summed E-state index contributed by atoms with van der Waals surface area (Å²) in [5.41, 5.74) is 2.16. The highest BCUT2D eigenvalue weighted by Gasteiger charge is 2.27. The lowest BCUT2D eigenvalue weighted by Gasteiger charge is -2.06. The zero-order valence-electron chi connectivity index (χ0n) is 16.5. The standard InChI is InChI=1S/C20H24N6O2S/c1-12(2)13-3-5-14(6-4-13)19-22-18(28-25-19)10-9-17(27)21-11-16-23-24-20(29)26(16)15-7-8-15/h3-6,12,15H,7-11H2,1-2H3,(H,21,27)(H,24,29). The summed E-state index contributed by atoms with van der Waals surface area (Å²) in [6.07, 6.45) is 2.86. The molecule has 0 bridgehead atoms. The molecule has 8 nitrogen and oxygen atoms in total. The molecule has 4 rings (SSSR count). The molecule has 0 aliphatic heterocycles. The summed E-state index contributed by atoms with van der Waals surface area (Å²) in [5, 5.41) is 13.9. The van der Waals surface area contributed by atoms with Gasteiger partial charge in [-0.2, -0.15) is 10.1 Å². The Morgan fingerprint density at radius 2 is 2.10 bits per heavy atom. The first-order valence-electron chi connectivity index (χ1n) is 9.86. The first-order valence-corrected chi connectivity index (χ1v) is 10.3. The molecule has 0 saturated heterocycles. The fourth-order valence-corrected chi connectivity index (χ4v) is 3.45. The number of aromatic nitrogens is 5. The number of carbonyl (C=O) groups is 1. The average Bonchev–Trinajstić information content (AvgIpc) is 3.31. The Labute approximate surface area is 173 Å². The van der Waals surface area contributed by atoms with Crippen LogP contribution in [0.4, 0.5) is 0 Å². The summed E-state index contributed by atoms with van der Waals surface area (Å²) < 4.78 is 7.89. The molecule has 2 aromatic heterocycles. The molecule has 2 N–H and O–H groups in total. The Kier molecular flexibility index (Phi) is 5.57. The van der Waals surface area contributed by atoms with Crippen LogP contribution in [0.5, 0.6) is 0 Å². The van der Waals surface area contributed by atoms with E-state index in [9.17, 15) is 4.79 Å². The molecule has 1 saturated carbocycles. The van der Waals surface area contributed by atoms with Crippen LogP contribution in [0.2, 0.25) is 0 Å². The van der Waals surface area contributed by atoms with Crippen LogP contribution in [-0.4, -0.2) is 30.8 Å². The number of H-pyrrole nitrogens is 1. The molecular weight excluding hydrogens is 388 g/mol. The Morgan fingerprint density at radius 1 is 1.34 bits per heavy atom. The van der Waals surface area contributed by atoms with Gasteiger partial charge in [-0.05, 0) is 36.5 Å². The van der Waals surface area contributed by atoms with Crippen LogP contribution in [0, 0.1) is 4.77 Å². The summed E-state index contributed by atoms with van der Waals surface area (Å²) >= 11 is 5.25. The van der Waals surface area contributed by atoms with E-state index in [-0.39, 0.29) is 12.3 Å². The lowest BCUT2D eigenvalue weighted by Crippen LogP contribution is -2.25. The topological polar surface area (TPSA) is 102 Å². The number of aromatic amines is 1. The van der Waals surface area contributed by atoms with Crippen LogP contribution < -0.4 is 5.32 Å². The molecule has 152 valence electrons. The van der Waals surface area contributed by atoms with Crippen molar-refractivity contribution in [2.24, 2.45) is 0 Å². The average molecular weight is 413 g/mol. The van der Waals surface area contributed by atoms with Gasteiger partial charge in [0.15, 0.2) is 10.6 Å². The predicted molar refractivity (Wildman–Crippen MR) is 110 cm³/mol. The number of nitrogens with one attached hydrogen (secondary N) is 2. The van der Waals surface area contributed by atoms with Crippen LogP contribution in [0.3, 0.4) is 0 Å². The quantitative estimate of drug-likeness (QED) is 0.547. The first kappa shape index (κ1) is 19.5. The Hall–Kier alpha value is -2.81. The number of nitrogens with zero attached hydrogens (tertiary/aromatic N) is 4. The first-order chi connectivity index (χ1) is 14.0. The summed E-state index contributed by atoms with van der Waals surface area (Å²) in [6, 6.07) is 8.53. The van der Waals surface area contributed by atoms with E-state index in [2.05, 4.69) is 51.6 Å². The molecule has 1 fully saturated rings. The van der Waals surface area contributed by atoms with Crippen molar-refractivity contribution in [2.75, 3.05) is 0 Å². The SMILES string of the molecule is CC(C)c1ccc(-c2noc(CCC(=O)NCc3n[nH]c(=S)n3C3CC3)n2)cc1. The molecule has 1 aliphatic rings. The Balaban J connectivity index is 1.29. The molecule has 1 aliphatic carbocycles. The Bertz CT molecular complexity index is 1050. The van der Waals surface area contributed by atoms with E-state index in [0.717, 1.165) is 24.2 Å². The lowest BCUT2D eigenvalue weighted by atomic mass is 10.0. The van der Waals surface area contributed by atoms with Gasteiger partial charge in [-0.25, -0.2) is 0 Å². The maximum Gasteiger partial charge on any atom is 0.227 e. The maximum absolute atomic E-state index is 12.2. The second-order valence-electron chi connectivity index (χ2n) is 7.61. The molecule has 0 spiro atoms. The largest absolute Gasteiger partial charge is 0.349 e. The molecule has 1 aromatic carbocycles. The third-order valence-electron chi connectivity index (χ3n) is 5.00. The normalized spacial score (nSPS) is 13.8. The summed E-state index contributed by atoms with van der Waals surface area (Å²) in [5.74, 6) is 2.12. The van der Waals surface area contributed by atoms with Gasteiger partial charge in [0.1, 0.15) is 0 Å². The van der Waals surface area contributed by atoms with Gasteiger partial charge in [-0.15, -0.1) is 0 Å². The third kappa shape index (κ3) is 4.61. The van der Waals surface area contributed by atoms with Crippen molar-refractivity contribution in [3.8, 4) is 11.4 Å². The van der Waals surface area contributed by atoms with E-state index in [0.29, 0.717) is 41.4 Å². The number of amides is 1. The minimum Gasteiger partial charge on any atom is -0.349 e. The summed E-state index contributed by atoms with van der Waals surface area (Å²) in [6.45, 7) is 4.65. The third-order valence-corrected chi connectivity index (χ3v) is 5.29. The minimum atomic E-state index is -0.0951. The predicted octanol–water partition coefficient (Wildman–Crippen LogP) is 3.70. The second-order valence-corrected chi connectivity index (χ2v) is 8.00. The molecule has 3 aromatic rings. The van der Waals surface area contributed by atoms with Crippen molar-refractivity contribution < 1.29 is 9.32 Å². The van der Waals surface area contributed by atoms with Crippen LogP contribution in [0.25, 0.3) is 11.4 Å². The van der Waals surface area contributed by atoms with Gasteiger partial charge in [-0.1, -0.05) is 43.3 Å². The minimum absolute atomic E-state index is 0.0951. The van der Waals surface area contributed by atoms with Crippen LogP contribution in [-0.2, 0) is 17.8 Å². The highest BCUT2D eigenvalue weighted by atomic mass is 32.1. The van der Waals surface area contributed by atoms with E-state index >= 15 is 0 Å². The summed E-state index contributed by atoms with van der Waals surface area (Å²) in [4.78, 5) is 16.6. The van der Waals surface area contributed by atoms with Gasteiger partial charge >= 0.3 is 0 Å². The number of carbonyl (C=O) groups excluding carboxylic acids is 1. The fourth-order valence-electron chi connectivity index (χ4n) is 3.15. The maximum atomic E-state index is 12.2. The van der Waals surface area contributed by atoms with Crippen LogP contribution >= 0.6 is 12.2 Å².